The first-order chi connectivity index (χ1) is 14.9. The minimum Gasteiger partial charge on any atom is -0.489 e. The number of anilines is 3. The summed E-state index contributed by atoms with van der Waals surface area (Å²) in [5, 5.41) is 5.94. The Hall–Kier alpha value is -3.80. The lowest BCUT2D eigenvalue weighted by molar-refractivity contribution is -0.114. The monoisotopic (exact) mass is 417 g/mol. The fraction of sp³-hybridized carbons (Fsp3) is 0.200. The first kappa shape index (κ1) is 21.9. The van der Waals surface area contributed by atoms with Crippen molar-refractivity contribution < 1.29 is 14.3 Å². The minimum absolute atomic E-state index is 0.0407. The van der Waals surface area contributed by atoms with Gasteiger partial charge >= 0.3 is 0 Å². The lowest BCUT2D eigenvalue weighted by atomic mass is 10.1. The first-order valence-corrected chi connectivity index (χ1v) is 10.2. The van der Waals surface area contributed by atoms with Crippen molar-refractivity contribution >= 4 is 28.9 Å². The van der Waals surface area contributed by atoms with E-state index in [1.165, 1.54) is 0 Å². The maximum atomic E-state index is 12.7. The van der Waals surface area contributed by atoms with Gasteiger partial charge in [0.2, 0.25) is 5.91 Å². The second-order valence-corrected chi connectivity index (χ2v) is 7.34. The molecule has 3 rings (SSSR count). The molecule has 0 spiro atoms. The van der Waals surface area contributed by atoms with Gasteiger partial charge in [0.25, 0.3) is 5.91 Å². The van der Waals surface area contributed by atoms with E-state index in [4.69, 9.17) is 4.74 Å². The summed E-state index contributed by atoms with van der Waals surface area (Å²) in [6.07, 6.45) is 0.0407. The molecule has 0 aromatic heterocycles. The predicted molar refractivity (Wildman–Crippen MR) is 125 cm³/mol. The van der Waals surface area contributed by atoms with E-state index in [1.807, 2.05) is 68.4 Å². The molecule has 0 aliphatic carbocycles. The molecule has 0 bridgehead atoms. The van der Waals surface area contributed by atoms with Crippen LogP contribution in [-0.2, 0) is 4.79 Å². The second kappa shape index (κ2) is 10.3. The van der Waals surface area contributed by atoms with E-state index in [2.05, 4.69) is 10.6 Å². The van der Waals surface area contributed by atoms with Crippen LogP contribution in [0.2, 0.25) is 0 Å². The minimum atomic E-state index is -0.195. The van der Waals surface area contributed by atoms with Crippen molar-refractivity contribution in [2.75, 3.05) is 29.1 Å². The van der Waals surface area contributed by atoms with Crippen molar-refractivity contribution in [2.24, 2.45) is 0 Å². The summed E-state index contributed by atoms with van der Waals surface area (Å²) in [5.74, 6) is 0.392. The molecule has 6 heteroatoms. The van der Waals surface area contributed by atoms with Gasteiger partial charge < -0.3 is 20.3 Å². The van der Waals surface area contributed by atoms with Crippen LogP contribution in [0.5, 0.6) is 5.75 Å². The second-order valence-electron chi connectivity index (χ2n) is 7.34. The Labute approximate surface area is 182 Å². The molecular formula is C25H27N3O3. The normalized spacial score (nSPS) is 10.5. The summed E-state index contributed by atoms with van der Waals surface area (Å²) in [5.41, 5.74) is 2.74. The van der Waals surface area contributed by atoms with Crippen LogP contribution in [0.25, 0.3) is 0 Å². The number of carbonyl (C=O) groups is 2. The van der Waals surface area contributed by atoms with Crippen molar-refractivity contribution in [3.05, 3.63) is 84.4 Å². The van der Waals surface area contributed by atoms with E-state index in [-0.39, 0.29) is 24.5 Å². The Morgan fingerprint density at radius 2 is 1.55 bits per heavy atom. The van der Waals surface area contributed by atoms with Crippen molar-refractivity contribution in [1.29, 1.82) is 0 Å². The largest absolute Gasteiger partial charge is 0.489 e. The van der Waals surface area contributed by atoms with Gasteiger partial charge in [-0.2, -0.15) is 0 Å². The highest BCUT2D eigenvalue weighted by atomic mass is 16.5. The van der Waals surface area contributed by atoms with Gasteiger partial charge in [-0.1, -0.05) is 30.3 Å². The highest BCUT2D eigenvalue weighted by molar-refractivity contribution is 6.06. The molecule has 31 heavy (non-hydrogen) atoms. The van der Waals surface area contributed by atoms with Gasteiger partial charge in [0, 0.05) is 24.0 Å². The standard InChI is InChI=1S/C25H27N3O3/c1-18(2)31-23-12-8-7-11-22(23)26-17-24(29)27-20-15-13-19(14-16-20)25(30)28(3)21-9-5-4-6-10-21/h4-16,18,26H,17H2,1-3H3,(H,27,29). The summed E-state index contributed by atoms with van der Waals surface area (Å²) >= 11 is 0. The third kappa shape index (κ3) is 6.09. The highest BCUT2D eigenvalue weighted by Gasteiger charge is 2.13. The number of nitrogens with zero attached hydrogens (tertiary/aromatic N) is 1. The van der Waals surface area contributed by atoms with Gasteiger partial charge in [-0.3, -0.25) is 9.59 Å². The molecule has 3 aromatic carbocycles. The Bertz CT molecular complexity index is 1020. The smallest absolute Gasteiger partial charge is 0.258 e. The van der Waals surface area contributed by atoms with Crippen LogP contribution in [0, 0.1) is 0 Å². The van der Waals surface area contributed by atoms with Gasteiger partial charge in [-0.15, -0.1) is 0 Å². The Morgan fingerprint density at radius 1 is 0.903 bits per heavy atom. The van der Waals surface area contributed by atoms with Gasteiger partial charge in [0.05, 0.1) is 18.3 Å². The zero-order chi connectivity index (χ0) is 22.2. The number of ether oxygens (including phenoxy) is 1. The molecule has 0 unspecified atom stereocenters. The van der Waals surface area contributed by atoms with Gasteiger partial charge in [-0.05, 0) is 62.4 Å². The fourth-order valence-electron chi connectivity index (χ4n) is 3.01. The van der Waals surface area contributed by atoms with E-state index in [1.54, 1.807) is 36.2 Å². The topological polar surface area (TPSA) is 70.7 Å². The molecule has 0 fully saturated rings. The number of para-hydroxylation sites is 3. The Balaban J connectivity index is 1.56. The van der Waals surface area contributed by atoms with E-state index in [9.17, 15) is 9.59 Å². The molecule has 160 valence electrons. The van der Waals surface area contributed by atoms with Gasteiger partial charge in [0.1, 0.15) is 5.75 Å². The number of hydrogen-bond donors (Lipinski definition) is 2. The van der Waals surface area contributed by atoms with Gasteiger partial charge in [-0.25, -0.2) is 0 Å². The summed E-state index contributed by atoms with van der Waals surface area (Å²) in [7, 11) is 1.74. The molecule has 3 aromatic rings. The van der Waals surface area contributed by atoms with E-state index >= 15 is 0 Å². The summed E-state index contributed by atoms with van der Waals surface area (Å²) in [6.45, 7) is 4.00. The summed E-state index contributed by atoms with van der Waals surface area (Å²) in [4.78, 5) is 26.6. The van der Waals surface area contributed by atoms with Crippen LogP contribution in [0.3, 0.4) is 0 Å². The number of hydrogen-bond acceptors (Lipinski definition) is 4. The number of amides is 2. The summed E-state index contributed by atoms with van der Waals surface area (Å²) in [6, 6.07) is 23.8. The van der Waals surface area contributed by atoms with Crippen LogP contribution >= 0.6 is 0 Å². The van der Waals surface area contributed by atoms with Crippen LogP contribution in [0.4, 0.5) is 17.1 Å². The molecule has 2 amide bonds. The van der Waals surface area contributed by atoms with Gasteiger partial charge in [0.15, 0.2) is 0 Å². The molecule has 0 aliphatic heterocycles. The summed E-state index contributed by atoms with van der Waals surface area (Å²) < 4.78 is 5.75. The van der Waals surface area contributed by atoms with Crippen molar-refractivity contribution in [3.63, 3.8) is 0 Å². The maximum absolute atomic E-state index is 12.7. The molecule has 0 radical (unpaired) electrons. The van der Waals surface area contributed by atoms with Crippen LogP contribution in [0.1, 0.15) is 24.2 Å². The molecule has 6 nitrogen and oxygen atoms in total. The third-order valence-corrected chi connectivity index (χ3v) is 4.55. The molecule has 0 heterocycles. The van der Waals surface area contributed by atoms with Crippen molar-refractivity contribution in [2.45, 2.75) is 20.0 Å². The van der Waals surface area contributed by atoms with Crippen LogP contribution in [0.15, 0.2) is 78.9 Å². The van der Waals surface area contributed by atoms with Crippen molar-refractivity contribution in [3.8, 4) is 5.75 Å². The van der Waals surface area contributed by atoms with E-state index < -0.39 is 0 Å². The average molecular weight is 418 g/mol. The van der Waals surface area contributed by atoms with E-state index in [0.29, 0.717) is 17.0 Å². The number of rotatable bonds is 8. The number of nitrogens with one attached hydrogen (secondary N) is 2. The highest BCUT2D eigenvalue weighted by Crippen LogP contribution is 2.24. The Kier molecular flexibility index (Phi) is 7.27. The molecular weight excluding hydrogens is 390 g/mol. The van der Waals surface area contributed by atoms with E-state index in [0.717, 1.165) is 11.4 Å². The quantitative estimate of drug-likeness (QED) is 0.552. The molecule has 2 N–H and O–H groups in total. The fourth-order valence-corrected chi connectivity index (χ4v) is 3.01. The number of benzene rings is 3. The third-order valence-electron chi connectivity index (χ3n) is 4.55. The van der Waals surface area contributed by atoms with Crippen LogP contribution in [-0.4, -0.2) is 31.5 Å². The molecule has 0 aliphatic rings. The SMILES string of the molecule is CC(C)Oc1ccccc1NCC(=O)Nc1ccc(C(=O)N(C)c2ccccc2)cc1. The molecule has 0 saturated carbocycles. The lowest BCUT2D eigenvalue weighted by Gasteiger charge is -2.17. The maximum Gasteiger partial charge on any atom is 0.258 e. The average Bonchev–Trinajstić information content (AvgIpc) is 2.78. The zero-order valence-corrected chi connectivity index (χ0v) is 18.0. The zero-order valence-electron chi connectivity index (χ0n) is 18.0. The molecule has 0 atom stereocenters. The van der Waals surface area contributed by atoms with Crippen molar-refractivity contribution in [1.82, 2.24) is 0 Å². The predicted octanol–water partition coefficient (Wildman–Crippen LogP) is 4.80. The Morgan fingerprint density at radius 3 is 2.23 bits per heavy atom. The number of carbonyl (C=O) groups excluding carboxylic acids is 2. The lowest BCUT2D eigenvalue weighted by Crippen LogP contribution is -2.26. The first-order valence-electron chi connectivity index (χ1n) is 10.2. The molecule has 0 saturated heterocycles. The van der Waals surface area contributed by atoms with Crippen LogP contribution < -0.4 is 20.3 Å².